The van der Waals surface area contributed by atoms with E-state index in [1.807, 2.05) is 12.1 Å². The molecule has 5 nitrogen and oxygen atoms in total. The summed E-state index contributed by atoms with van der Waals surface area (Å²) in [6.45, 7) is 3.02. The van der Waals surface area contributed by atoms with Gasteiger partial charge >= 0.3 is 0 Å². The Kier molecular flexibility index (Phi) is 3.28. The number of nitrogens with two attached hydrogens (primary N) is 1. The van der Waals surface area contributed by atoms with Crippen molar-refractivity contribution >= 4 is 5.84 Å². The van der Waals surface area contributed by atoms with Crippen molar-refractivity contribution in [3.63, 3.8) is 0 Å². The molecule has 92 valence electrons. The molecule has 1 aliphatic rings. The highest BCUT2D eigenvalue weighted by Gasteiger charge is 2.30. The molecule has 5 heteroatoms. The van der Waals surface area contributed by atoms with Crippen molar-refractivity contribution in [1.82, 2.24) is 10.3 Å². The molecule has 2 rings (SSSR count). The van der Waals surface area contributed by atoms with Crippen LogP contribution in [0.2, 0.25) is 0 Å². The number of nitrogens with one attached hydrogen (secondary N) is 1. The van der Waals surface area contributed by atoms with Crippen molar-refractivity contribution in [3.8, 4) is 0 Å². The van der Waals surface area contributed by atoms with Crippen molar-refractivity contribution in [2.45, 2.75) is 38.3 Å². The number of amidine groups is 1. The van der Waals surface area contributed by atoms with Gasteiger partial charge in [0, 0.05) is 18.3 Å². The number of oxime groups is 1. The van der Waals surface area contributed by atoms with Crippen LogP contribution >= 0.6 is 0 Å². The largest absolute Gasteiger partial charge is 0.409 e. The zero-order valence-corrected chi connectivity index (χ0v) is 9.98. The molecule has 1 aromatic heterocycles. The first-order valence-electron chi connectivity index (χ1n) is 5.81. The summed E-state index contributed by atoms with van der Waals surface area (Å²) >= 11 is 0. The predicted molar refractivity (Wildman–Crippen MR) is 65.8 cm³/mol. The highest BCUT2D eigenvalue weighted by Crippen LogP contribution is 2.31. The van der Waals surface area contributed by atoms with Gasteiger partial charge in [-0.25, -0.2) is 0 Å². The van der Waals surface area contributed by atoms with Crippen molar-refractivity contribution < 1.29 is 5.21 Å². The van der Waals surface area contributed by atoms with Crippen molar-refractivity contribution in [3.05, 3.63) is 29.6 Å². The van der Waals surface area contributed by atoms with Gasteiger partial charge in [0.15, 0.2) is 5.84 Å². The lowest BCUT2D eigenvalue weighted by Gasteiger charge is -2.39. The van der Waals surface area contributed by atoms with Crippen LogP contribution in [-0.2, 0) is 6.54 Å². The molecule has 0 unspecified atom stereocenters. The summed E-state index contributed by atoms with van der Waals surface area (Å²) in [6, 6.07) is 3.77. The van der Waals surface area contributed by atoms with Gasteiger partial charge in [-0.05, 0) is 43.9 Å². The second kappa shape index (κ2) is 4.71. The third-order valence-electron chi connectivity index (χ3n) is 3.37. The highest BCUT2D eigenvalue weighted by molar-refractivity contribution is 5.95. The van der Waals surface area contributed by atoms with E-state index in [-0.39, 0.29) is 11.4 Å². The fourth-order valence-electron chi connectivity index (χ4n) is 1.97. The first-order valence-corrected chi connectivity index (χ1v) is 5.81. The lowest BCUT2D eigenvalue weighted by Crippen LogP contribution is -2.47. The summed E-state index contributed by atoms with van der Waals surface area (Å²) < 4.78 is 0. The molecule has 0 aromatic carbocycles. The van der Waals surface area contributed by atoms with Crippen LogP contribution in [0, 0.1) is 0 Å². The number of rotatable bonds is 4. The van der Waals surface area contributed by atoms with Crippen molar-refractivity contribution in [1.29, 1.82) is 0 Å². The van der Waals surface area contributed by atoms with E-state index in [4.69, 9.17) is 10.9 Å². The maximum Gasteiger partial charge on any atom is 0.188 e. The molecule has 17 heavy (non-hydrogen) atoms. The molecule has 0 radical (unpaired) electrons. The Morgan fingerprint density at radius 2 is 2.41 bits per heavy atom. The van der Waals surface area contributed by atoms with Crippen LogP contribution in [0.5, 0.6) is 0 Å². The molecule has 1 saturated carbocycles. The molecular weight excluding hydrogens is 216 g/mol. The third-order valence-corrected chi connectivity index (χ3v) is 3.37. The zero-order valence-electron chi connectivity index (χ0n) is 9.98. The maximum absolute atomic E-state index is 8.59. The van der Waals surface area contributed by atoms with Crippen LogP contribution in [-0.4, -0.2) is 21.6 Å². The SMILES string of the molecule is CC1(NCc2ccnc(/C(N)=N/O)c2)CCC1. The monoisotopic (exact) mass is 234 g/mol. The second-order valence-electron chi connectivity index (χ2n) is 4.80. The van der Waals surface area contributed by atoms with E-state index < -0.39 is 0 Å². The summed E-state index contributed by atoms with van der Waals surface area (Å²) in [5.41, 5.74) is 7.37. The van der Waals surface area contributed by atoms with E-state index in [1.165, 1.54) is 19.3 Å². The lowest BCUT2D eigenvalue weighted by molar-refractivity contribution is 0.207. The minimum atomic E-state index is 0.0432. The Bertz CT molecular complexity index is 426. The molecule has 1 heterocycles. The maximum atomic E-state index is 8.59. The number of hydrogen-bond donors (Lipinski definition) is 3. The van der Waals surface area contributed by atoms with Gasteiger partial charge in [0.1, 0.15) is 5.69 Å². The fourth-order valence-corrected chi connectivity index (χ4v) is 1.97. The molecule has 1 aliphatic carbocycles. The number of pyridine rings is 1. The Morgan fingerprint density at radius 3 is 3.00 bits per heavy atom. The minimum absolute atomic E-state index is 0.0432. The third kappa shape index (κ3) is 2.74. The normalized spacial score (nSPS) is 18.8. The van der Waals surface area contributed by atoms with E-state index in [1.54, 1.807) is 6.20 Å². The van der Waals surface area contributed by atoms with Gasteiger partial charge in [-0.3, -0.25) is 4.98 Å². The van der Waals surface area contributed by atoms with Gasteiger partial charge in [-0.1, -0.05) is 5.16 Å². The van der Waals surface area contributed by atoms with Crippen LogP contribution < -0.4 is 11.1 Å². The van der Waals surface area contributed by atoms with Crippen LogP contribution in [0.1, 0.15) is 37.4 Å². The van der Waals surface area contributed by atoms with E-state index in [0.29, 0.717) is 5.69 Å². The average Bonchev–Trinajstić information content (AvgIpc) is 2.33. The van der Waals surface area contributed by atoms with E-state index >= 15 is 0 Å². The lowest BCUT2D eigenvalue weighted by atomic mass is 9.78. The summed E-state index contributed by atoms with van der Waals surface area (Å²) in [4.78, 5) is 4.05. The molecule has 4 N–H and O–H groups in total. The minimum Gasteiger partial charge on any atom is -0.409 e. The van der Waals surface area contributed by atoms with Crippen LogP contribution in [0.4, 0.5) is 0 Å². The first-order chi connectivity index (χ1) is 8.13. The molecular formula is C12H18N4O. The number of aromatic nitrogens is 1. The van der Waals surface area contributed by atoms with Gasteiger partial charge in [0.25, 0.3) is 0 Å². The van der Waals surface area contributed by atoms with E-state index in [0.717, 1.165) is 12.1 Å². The number of nitrogens with zero attached hydrogens (tertiary/aromatic N) is 2. The summed E-state index contributed by atoms with van der Waals surface area (Å²) in [6.07, 6.45) is 5.43. The Labute approximate surface area is 101 Å². The Balaban J connectivity index is 2.01. The standard InChI is InChI=1S/C12H18N4O/c1-12(4-2-5-12)15-8-9-3-6-14-10(7-9)11(13)16-17/h3,6-7,15,17H,2,4-5,8H2,1H3,(H2,13,16). The quantitative estimate of drug-likeness (QED) is 0.316. The molecule has 0 saturated heterocycles. The van der Waals surface area contributed by atoms with Crippen LogP contribution in [0.3, 0.4) is 0 Å². The molecule has 0 aliphatic heterocycles. The van der Waals surface area contributed by atoms with Gasteiger partial charge in [0.05, 0.1) is 0 Å². The number of hydrogen-bond acceptors (Lipinski definition) is 4. The van der Waals surface area contributed by atoms with Gasteiger partial charge in [-0.15, -0.1) is 0 Å². The molecule has 1 aromatic rings. The van der Waals surface area contributed by atoms with Gasteiger partial charge in [-0.2, -0.15) is 0 Å². The van der Waals surface area contributed by atoms with Crippen molar-refractivity contribution in [2.75, 3.05) is 0 Å². The second-order valence-corrected chi connectivity index (χ2v) is 4.80. The highest BCUT2D eigenvalue weighted by atomic mass is 16.4. The van der Waals surface area contributed by atoms with Crippen LogP contribution in [0.15, 0.2) is 23.5 Å². The summed E-state index contributed by atoms with van der Waals surface area (Å²) in [5.74, 6) is 0.0432. The molecule has 0 spiro atoms. The molecule has 1 fully saturated rings. The van der Waals surface area contributed by atoms with E-state index in [2.05, 4.69) is 22.4 Å². The Hall–Kier alpha value is -1.62. The first kappa shape index (κ1) is 11.9. The smallest absolute Gasteiger partial charge is 0.188 e. The zero-order chi connectivity index (χ0) is 12.3. The molecule has 0 atom stereocenters. The van der Waals surface area contributed by atoms with Crippen LogP contribution in [0.25, 0.3) is 0 Å². The fraction of sp³-hybridized carbons (Fsp3) is 0.500. The van der Waals surface area contributed by atoms with E-state index in [9.17, 15) is 0 Å². The molecule has 0 amide bonds. The summed E-state index contributed by atoms with van der Waals surface area (Å²) in [7, 11) is 0. The van der Waals surface area contributed by atoms with Gasteiger partial charge < -0.3 is 16.3 Å². The topological polar surface area (TPSA) is 83.5 Å². The molecule has 0 bridgehead atoms. The average molecular weight is 234 g/mol. The van der Waals surface area contributed by atoms with Crippen molar-refractivity contribution in [2.24, 2.45) is 10.9 Å². The summed E-state index contributed by atoms with van der Waals surface area (Å²) in [5, 5.41) is 15.1. The Morgan fingerprint density at radius 1 is 1.65 bits per heavy atom. The predicted octanol–water partition coefficient (Wildman–Crippen LogP) is 1.21. The van der Waals surface area contributed by atoms with Gasteiger partial charge in [0.2, 0.25) is 0 Å².